The monoisotopic (exact) mass is 455 g/mol. The molecule has 2 atom stereocenters. The quantitative estimate of drug-likeness (QED) is 0.633. The summed E-state index contributed by atoms with van der Waals surface area (Å²) in [7, 11) is 0. The fraction of sp³-hybridized carbons (Fsp3) is 0.250. The van der Waals surface area contributed by atoms with Crippen LogP contribution in [0.5, 0.6) is 0 Å². The van der Waals surface area contributed by atoms with Crippen LogP contribution in [0.25, 0.3) is 5.82 Å². The maximum absolute atomic E-state index is 13.7. The molecule has 2 unspecified atom stereocenters. The minimum Gasteiger partial charge on any atom is -0.347 e. The van der Waals surface area contributed by atoms with Crippen molar-refractivity contribution < 1.29 is 13.6 Å². The molecular weight excluding hydrogens is 435 g/mol. The van der Waals surface area contributed by atoms with E-state index >= 15 is 0 Å². The third-order valence-corrected chi connectivity index (χ3v) is 4.95. The van der Waals surface area contributed by atoms with Gasteiger partial charge in [0.2, 0.25) is 0 Å². The number of carbonyl (C=O) groups is 1. The summed E-state index contributed by atoms with van der Waals surface area (Å²) in [5.74, 6) is -1.51. The lowest BCUT2D eigenvalue weighted by atomic mass is 9.86. The Kier molecular flexibility index (Phi) is 8.28. The van der Waals surface area contributed by atoms with Crippen LogP contribution >= 0.6 is 24.8 Å². The maximum atomic E-state index is 13.7. The first kappa shape index (κ1) is 23.7. The van der Waals surface area contributed by atoms with E-state index in [9.17, 15) is 13.6 Å². The van der Waals surface area contributed by atoms with Crippen molar-refractivity contribution in [1.82, 2.24) is 25.2 Å². The first-order valence-electron chi connectivity index (χ1n) is 9.03. The van der Waals surface area contributed by atoms with Crippen molar-refractivity contribution in [3.8, 4) is 5.82 Å². The summed E-state index contributed by atoms with van der Waals surface area (Å²) in [5, 5.41) is 6.26. The highest BCUT2D eigenvalue weighted by atomic mass is 35.5. The van der Waals surface area contributed by atoms with Gasteiger partial charge < -0.3 is 10.6 Å². The lowest BCUT2D eigenvalue weighted by Gasteiger charge is -2.33. The standard InChI is InChI=1S/C20H19F2N5O.2ClH/c21-16-2-1-13(9-17(16)22)15-4-5-23-11-18(15)26-20(28)14-3-6-25-19(10-14)27-8-7-24-12-27;;/h1-3,6-10,12,15,18,23H,4-5,11H2,(H,26,28);2*1H. The van der Waals surface area contributed by atoms with Crippen LogP contribution in [0.15, 0.2) is 55.2 Å². The van der Waals surface area contributed by atoms with Gasteiger partial charge in [-0.1, -0.05) is 6.07 Å². The molecule has 160 valence electrons. The Balaban J connectivity index is 0.00000160. The molecule has 1 aromatic carbocycles. The van der Waals surface area contributed by atoms with Crippen LogP contribution in [0.3, 0.4) is 0 Å². The second-order valence-electron chi connectivity index (χ2n) is 6.73. The molecule has 3 aromatic rings. The third kappa shape index (κ3) is 5.13. The van der Waals surface area contributed by atoms with Gasteiger partial charge in [0, 0.05) is 42.7 Å². The second-order valence-corrected chi connectivity index (χ2v) is 6.73. The van der Waals surface area contributed by atoms with E-state index in [1.807, 2.05) is 0 Å². The number of amides is 1. The molecule has 30 heavy (non-hydrogen) atoms. The van der Waals surface area contributed by atoms with Crippen LogP contribution in [0, 0.1) is 11.6 Å². The van der Waals surface area contributed by atoms with Gasteiger partial charge in [-0.15, -0.1) is 24.8 Å². The van der Waals surface area contributed by atoms with Crippen molar-refractivity contribution >= 4 is 30.7 Å². The van der Waals surface area contributed by atoms with Crippen LogP contribution < -0.4 is 10.6 Å². The molecule has 2 aromatic heterocycles. The van der Waals surface area contributed by atoms with E-state index in [1.165, 1.54) is 6.07 Å². The second kappa shape index (κ2) is 10.5. The van der Waals surface area contributed by atoms with E-state index in [2.05, 4.69) is 20.6 Å². The lowest BCUT2D eigenvalue weighted by Crippen LogP contribution is -2.50. The molecule has 3 heterocycles. The number of benzene rings is 1. The Morgan fingerprint density at radius 3 is 2.70 bits per heavy atom. The van der Waals surface area contributed by atoms with Crippen molar-refractivity contribution in [1.29, 1.82) is 0 Å². The number of pyridine rings is 1. The van der Waals surface area contributed by atoms with Gasteiger partial charge in [0.1, 0.15) is 12.1 Å². The molecule has 6 nitrogen and oxygen atoms in total. The average Bonchev–Trinajstić information content (AvgIpc) is 3.26. The van der Waals surface area contributed by atoms with Crippen LogP contribution in [-0.2, 0) is 0 Å². The number of nitrogens with zero attached hydrogens (tertiary/aromatic N) is 3. The van der Waals surface area contributed by atoms with Gasteiger partial charge in [-0.05, 0) is 42.8 Å². The molecule has 10 heteroatoms. The highest BCUT2D eigenvalue weighted by molar-refractivity contribution is 5.94. The molecular formula is C20H21Cl2F2N5O. The zero-order valence-corrected chi connectivity index (χ0v) is 17.4. The highest BCUT2D eigenvalue weighted by Crippen LogP contribution is 2.27. The Hall–Kier alpha value is -2.55. The first-order chi connectivity index (χ1) is 13.6. The van der Waals surface area contributed by atoms with Gasteiger partial charge >= 0.3 is 0 Å². The Labute approximate surface area is 184 Å². The van der Waals surface area contributed by atoms with Crippen LogP contribution in [0.2, 0.25) is 0 Å². The number of aromatic nitrogens is 3. The number of hydrogen-bond donors (Lipinski definition) is 2. The number of carbonyl (C=O) groups excluding carboxylic acids is 1. The molecule has 4 rings (SSSR count). The number of imidazole rings is 1. The van der Waals surface area contributed by atoms with Gasteiger partial charge in [0.05, 0.1) is 0 Å². The van der Waals surface area contributed by atoms with Gasteiger partial charge in [-0.25, -0.2) is 18.7 Å². The Bertz CT molecular complexity index is 987. The first-order valence-corrected chi connectivity index (χ1v) is 9.03. The van der Waals surface area contributed by atoms with E-state index in [-0.39, 0.29) is 42.7 Å². The zero-order chi connectivity index (χ0) is 19.5. The predicted octanol–water partition coefficient (Wildman–Crippen LogP) is 3.26. The molecule has 0 saturated carbocycles. The summed E-state index contributed by atoms with van der Waals surface area (Å²) < 4.78 is 28.7. The summed E-state index contributed by atoms with van der Waals surface area (Å²) in [5.41, 5.74) is 1.15. The molecule has 1 aliphatic heterocycles. The average molecular weight is 456 g/mol. The molecule has 1 fully saturated rings. The fourth-order valence-corrected chi connectivity index (χ4v) is 3.50. The number of rotatable bonds is 4. The summed E-state index contributed by atoms with van der Waals surface area (Å²) in [6.07, 6.45) is 7.26. The minimum atomic E-state index is -0.875. The van der Waals surface area contributed by atoms with E-state index in [4.69, 9.17) is 0 Å². The Morgan fingerprint density at radius 2 is 1.97 bits per heavy atom. The molecule has 1 amide bonds. The molecule has 0 spiro atoms. The van der Waals surface area contributed by atoms with Gasteiger partial charge in [0.15, 0.2) is 11.6 Å². The minimum absolute atomic E-state index is 0. The van der Waals surface area contributed by atoms with Gasteiger partial charge in [0.25, 0.3) is 5.91 Å². The van der Waals surface area contributed by atoms with Crippen molar-refractivity contribution in [3.63, 3.8) is 0 Å². The topological polar surface area (TPSA) is 71.8 Å². The smallest absolute Gasteiger partial charge is 0.251 e. The third-order valence-electron chi connectivity index (χ3n) is 4.95. The maximum Gasteiger partial charge on any atom is 0.251 e. The fourth-order valence-electron chi connectivity index (χ4n) is 3.50. The van der Waals surface area contributed by atoms with Crippen LogP contribution in [0.4, 0.5) is 8.78 Å². The molecule has 0 radical (unpaired) electrons. The van der Waals surface area contributed by atoms with Crippen molar-refractivity contribution in [2.75, 3.05) is 13.1 Å². The van der Waals surface area contributed by atoms with E-state index < -0.39 is 11.6 Å². The van der Waals surface area contributed by atoms with Crippen molar-refractivity contribution in [2.24, 2.45) is 0 Å². The normalized spacial score (nSPS) is 18.1. The molecule has 2 N–H and O–H groups in total. The van der Waals surface area contributed by atoms with E-state index in [0.29, 0.717) is 29.9 Å². The Morgan fingerprint density at radius 1 is 1.13 bits per heavy atom. The lowest BCUT2D eigenvalue weighted by molar-refractivity contribution is 0.0924. The summed E-state index contributed by atoms with van der Waals surface area (Å²) >= 11 is 0. The summed E-state index contributed by atoms with van der Waals surface area (Å²) in [4.78, 5) is 21.0. The molecule has 1 aliphatic rings. The number of nitrogens with one attached hydrogen (secondary N) is 2. The molecule has 1 saturated heterocycles. The number of hydrogen-bond acceptors (Lipinski definition) is 4. The predicted molar refractivity (Wildman–Crippen MR) is 114 cm³/mol. The summed E-state index contributed by atoms with van der Waals surface area (Å²) in [6.45, 7) is 1.30. The van der Waals surface area contributed by atoms with Crippen LogP contribution in [0.1, 0.15) is 28.3 Å². The van der Waals surface area contributed by atoms with Gasteiger partial charge in [-0.3, -0.25) is 9.36 Å². The van der Waals surface area contributed by atoms with Crippen molar-refractivity contribution in [3.05, 3.63) is 78.0 Å². The largest absolute Gasteiger partial charge is 0.347 e. The SMILES string of the molecule is Cl.Cl.O=C(NC1CNCCC1c1ccc(F)c(F)c1)c1ccnc(-n2ccnc2)c1. The molecule has 0 aliphatic carbocycles. The summed E-state index contributed by atoms with van der Waals surface area (Å²) in [6, 6.07) is 7.01. The number of piperidine rings is 1. The van der Waals surface area contributed by atoms with E-state index in [1.54, 1.807) is 47.7 Å². The van der Waals surface area contributed by atoms with E-state index in [0.717, 1.165) is 12.6 Å². The highest BCUT2D eigenvalue weighted by Gasteiger charge is 2.28. The zero-order valence-electron chi connectivity index (χ0n) is 15.8. The van der Waals surface area contributed by atoms with Crippen molar-refractivity contribution in [2.45, 2.75) is 18.4 Å². The molecule has 0 bridgehead atoms. The van der Waals surface area contributed by atoms with Gasteiger partial charge in [-0.2, -0.15) is 0 Å². The van der Waals surface area contributed by atoms with Crippen LogP contribution in [-0.4, -0.2) is 39.6 Å². The number of halogens is 4.